The zero-order valence-electron chi connectivity index (χ0n) is 9.03. The molecule has 16 heavy (non-hydrogen) atoms. The number of halogens is 1. The number of aromatic nitrogens is 2. The van der Waals surface area contributed by atoms with Gasteiger partial charge in [0.1, 0.15) is 0 Å². The Morgan fingerprint density at radius 3 is 2.88 bits per heavy atom. The first kappa shape index (κ1) is 11.6. The Morgan fingerprint density at radius 2 is 2.31 bits per heavy atom. The summed E-state index contributed by atoms with van der Waals surface area (Å²) in [7, 11) is 0. The molecule has 4 nitrogen and oxygen atoms in total. The first-order chi connectivity index (χ1) is 7.66. The molecular formula is C10H12BrN3OS. The molecule has 0 aliphatic rings. The molecular weight excluding hydrogens is 290 g/mol. The predicted octanol–water partition coefficient (Wildman–Crippen LogP) is 3.63. The minimum absolute atomic E-state index is 0.261. The molecule has 0 saturated carbocycles. The largest absolute Gasteiger partial charge is 0.408 e. The van der Waals surface area contributed by atoms with Crippen molar-refractivity contribution in [3.05, 3.63) is 26.7 Å². The lowest BCUT2D eigenvalue weighted by Crippen LogP contribution is -1.97. The fourth-order valence-electron chi connectivity index (χ4n) is 1.15. The molecule has 2 rings (SSSR count). The van der Waals surface area contributed by atoms with Crippen molar-refractivity contribution in [2.24, 2.45) is 0 Å². The summed E-state index contributed by atoms with van der Waals surface area (Å²) in [5.74, 6) is 0.921. The van der Waals surface area contributed by atoms with E-state index in [0.717, 1.165) is 4.47 Å². The third kappa shape index (κ3) is 2.62. The highest BCUT2D eigenvalue weighted by molar-refractivity contribution is 9.10. The van der Waals surface area contributed by atoms with Crippen LogP contribution in [0.15, 0.2) is 20.3 Å². The summed E-state index contributed by atoms with van der Waals surface area (Å²) in [6.45, 7) is 4.73. The third-order valence-corrected chi connectivity index (χ3v) is 3.95. The summed E-state index contributed by atoms with van der Waals surface area (Å²) in [5, 5.41) is 13.0. The van der Waals surface area contributed by atoms with E-state index < -0.39 is 0 Å². The van der Waals surface area contributed by atoms with Gasteiger partial charge < -0.3 is 9.73 Å². The van der Waals surface area contributed by atoms with Crippen LogP contribution in [0, 0.1) is 0 Å². The van der Waals surface area contributed by atoms with Gasteiger partial charge in [0.15, 0.2) is 0 Å². The molecule has 0 radical (unpaired) electrons. The van der Waals surface area contributed by atoms with E-state index in [1.54, 1.807) is 11.3 Å². The fourth-order valence-corrected chi connectivity index (χ4v) is 2.58. The van der Waals surface area contributed by atoms with Crippen LogP contribution in [-0.2, 0) is 6.54 Å². The van der Waals surface area contributed by atoms with Crippen LogP contribution in [0.5, 0.6) is 0 Å². The van der Waals surface area contributed by atoms with Gasteiger partial charge in [-0.2, -0.15) is 0 Å². The average Bonchev–Trinajstić information content (AvgIpc) is 2.83. The Hall–Kier alpha value is -0.880. The minimum atomic E-state index is 0.261. The lowest BCUT2D eigenvalue weighted by atomic mass is 10.2. The van der Waals surface area contributed by atoms with Crippen molar-refractivity contribution in [1.82, 2.24) is 10.2 Å². The van der Waals surface area contributed by atoms with Crippen molar-refractivity contribution in [3.63, 3.8) is 0 Å². The molecule has 0 bridgehead atoms. The van der Waals surface area contributed by atoms with Gasteiger partial charge in [0, 0.05) is 15.3 Å². The Labute approximate surface area is 106 Å². The van der Waals surface area contributed by atoms with Crippen molar-refractivity contribution in [3.8, 4) is 0 Å². The van der Waals surface area contributed by atoms with E-state index in [0.29, 0.717) is 18.5 Å². The summed E-state index contributed by atoms with van der Waals surface area (Å²) in [4.78, 5) is 1.21. The van der Waals surface area contributed by atoms with E-state index in [2.05, 4.69) is 31.4 Å². The topological polar surface area (TPSA) is 51.0 Å². The summed E-state index contributed by atoms with van der Waals surface area (Å²) in [6, 6.07) is 2.50. The van der Waals surface area contributed by atoms with E-state index in [-0.39, 0.29) is 5.92 Å². The first-order valence-electron chi connectivity index (χ1n) is 4.96. The van der Waals surface area contributed by atoms with Gasteiger partial charge in [-0.05, 0) is 27.4 Å². The van der Waals surface area contributed by atoms with Gasteiger partial charge in [0.25, 0.3) is 0 Å². The van der Waals surface area contributed by atoms with Crippen molar-refractivity contribution in [1.29, 1.82) is 0 Å². The lowest BCUT2D eigenvalue weighted by Gasteiger charge is -1.99. The Bertz CT molecular complexity index is 466. The van der Waals surface area contributed by atoms with Crippen LogP contribution in [0.2, 0.25) is 0 Å². The molecule has 0 saturated heterocycles. The highest BCUT2D eigenvalue weighted by Gasteiger charge is 2.09. The monoisotopic (exact) mass is 301 g/mol. The average molecular weight is 302 g/mol. The molecule has 1 N–H and O–H groups in total. The van der Waals surface area contributed by atoms with Gasteiger partial charge in [-0.1, -0.05) is 18.9 Å². The lowest BCUT2D eigenvalue weighted by molar-refractivity contribution is 0.480. The third-order valence-electron chi connectivity index (χ3n) is 2.03. The normalized spacial score (nSPS) is 11.0. The number of thiophene rings is 1. The van der Waals surface area contributed by atoms with Crippen LogP contribution in [0.1, 0.15) is 30.5 Å². The number of hydrogen-bond donors (Lipinski definition) is 1. The van der Waals surface area contributed by atoms with Crippen LogP contribution in [0.25, 0.3) is 0 Å². The second-order valence-corrected chi connectivity index (χ2v) is 5.50. The number of nitrogens with zero attached hydrogens (tertiary/aromatic N) is 2. The quantitative estimate of drug-likeness (QED) is 0.937. The van der Waals surface area contributed by atoms with Crippen LogP contribution in [0.4, 0.5) is 6.01 Å². The van der Waals surface area contributed by atoms with Crippen molar-refractivity contribution in [2.75, 3.05) is 5.32 Å². The first-order valence-corrected chi connectivity index (χ1v) is 6.63. The molecule has 0 amide bonds. The predicted molar refractivity (Wildman–Crippen MR) is 67.7 cm³/mol. The highest BCUT2D eigenvalue weighted by atomic mass is 79.9. The zero-order valence-corrected chi connectivity index (χ0v) is 11.4. The van der Waals surface area contributed by atoms with Gasteiger partial charge in [-0.25, -0.2) is 0 Å². The number of rotatable bonds is 4. The molecule has 2 aromatic rings. The molecule has 0 fully saturated rings. The summed E-state index contributed by atoms with van der Waals surface area (Å²) < 4.78 is 6.54. The Morgan fingerprint density at radius 1 is 1.50 bits per heavy atom. The maximum absolute atomic E-state index is 5.44. The van der Waals surface area contributed by atoms with Gasteiger partial charge in [0.05, 0.1) is 6.54 Å². The summed E-state index contributed by atoms with van der Waals surface area (Å²) in [5.41, 5.74) is 0. The molecule has 0 aliphatic carbocycles. The molecule has 0 aliphatic heterocycles. The maximum Gasteiger partial charge on any atom is 0.315 e. The van der Waals surface area contributed by atoms with Gasteiger partial charge in [-0.15, -0.1) is 16.4 Å². The maximum atomic E-state index is 5.44. The smallest absolute Gasteiger partial charge is 0.315 e. The van der Waals surface area contributed by atoms with E-state index in [9.17, 15) is 0 Å². The van der Waals surface area contributed by atoms with Crippen LogP contribution in [-0.4, -0.2) is 10.2 Å². The second kappa shape index (κ2) is 4.97. The van der Waals surface area contributed by atoms with E-state index in [1.165, 1.54) is 4.88 Å². The molecule has 86 valence electrons. The summed E-state index contributed by atoms with van der Waals surface area (Å²) in [6.07, 6.45) is 0. The van der Waals surface area contributed by atoms with Crippen molar-refractivity contribution in [2.45, 2.75) is 26.3 Å². The number of hydrogen-bond acceptors (Lipinski definition) is 5. The number of anilines is 1. The van der Waals surface area contributed by atoms with Gasteiger partial charge in [-0.3, -0.25) is 0 Å². The molecule has 0 atom stereocenters. The van der Waals surface area contributed by atoms with Crippen LogP contribution in [0.3, 0.4) is 0 Å². The Kier molecular flexibility index (Phi) is 3.60. The molecule has 0 spiro atoms. The molecule has 0 aromatic carbocycles. The highest BCUT2D eigenvalue weighted by Crippen LogP contribution is 2.23. The minimum Gasteiger partial charge on any atom is -0.408 e. The van der Waals surface area contributed by atoms with Crippen molar-refractivity contribution >= 4 is 33.3 Å². The van der Waals surface area contributed by atoms with Crippen molar-refractivity contribution < 1.29 is 4.42 Å². The van der Waals surface area contributed by atoms with Crippen LogP contribution >= 0.6 is 27.3 Å². The van der Waals surface area contributed by atoms with E-state index in [4.69, 9.17) is 4.42 Å². The zero-order chi connectivity index (χ0) is 11.5. The van der Waals surface area contributed by atoms with Gasteiger partial charge in [0.2, 0.25) is 5.89 Å². The SMILES string of the molecule is CC(C)c1nnc(NCc2sccc2Br)o1. The molecule has 0 unspecified atom stereocenters. The Balaban J connectivity index is 1.97. The molecule has 6 heteroatoms. The van der Waals surface area contributed by atoms with Crippen LogP contribution < -0.4 is 5.32 Å². The summed E-state index contributed by atoms with van der Waals surface area (Å²) >= 11 is 5.15. The molecule has 2 heterocycles. The standard InChI is InChI=1S/C10H12BrN3OS/c1-6(2)9-13-14-10(15-9)12-5-8-7(11)3-4-16-8/h3-4,6H,5H2,1-2H3,(H,12,14). The van der Waals surface area contributed by atoms with E-state index in [1.807, 2.05) is 25.3 Å². The van der Waals surface area contributed by atoms with E-state index >= 15 is 0 Å². The second-order valence-electron chi connectivity index (χ2n) is 3.65. The van der Waals surface area contributed by atoms with Gasteiger partial charge >= 0.3 is 6.01 Å². The molecule has 2 aromatic heterocycles. The number of nitrogens with one attached hydrogen (secondary N) is 1. The fraction of sp³-hybridized carbons (Fsp3) is 0.400.